The molecule has 3 rings (SSSR count). The Morgan fingerprint density at radius 3 is 2.61 bits per heavy atom. The molecule has 31 heavy (non-hydrogen) atoms. The molecule has 0 fully saturated rings. The quantitative estimate of drug-likeness (QED) is 0.462. The van der Waals surface area contributed by atoms with Gasteiger partial charge in [0.1, 0.15) is 6.54 Å². The molecule has 0 saturated heterocycles. The molecule has 1 N–H and O–H groups in total. The molecular formula is C21H26BrN5O4. The van der Waals surface area contributed by atoms with Crippen molar-refractivity contribution >= 4 is 21.8 Å². The van der Waals surface area contributed by atoms with Gasteiger partial charge in [-0.3, -0.25) is 9.48 Å². The molecule has 10 heteroatoms. The predicted molar refractivity (Wildman–Crippen MR) is 118 cm³/mol. The number of aryl methyl sites for hydroxylation is 1. The average molecular weight is 492 g/mol. The Balaban J connectivity index is 1.55. The largest absolute Gasteiger partial charge is 0.490 e. The van der Waals surface area contributed by atoms with Gasteiger partial charge >= 0.3 is 11.8 Å². The Hall–Kier alpha value is -2.88. The van der Waals surface area contributed by atoms with Crippen LogP contribution in [0.15, 0.2) is 27.2 Å². The van der Waals surface area contributed by atoms with Crippen LogP contribution in [0.2, 0.25) is 0 Å². The van der Waals surface area contributed by atoms with Gasteiger partial charge in [-0.15, -0.1) is 0 Å². The molecule has 0 aliphatic heterocycles. The molecule has 1 aromatic carbocycles. The number of carbonyl (C=O) groups excluding carboxylic acids is 1. The Morgan fingerprint density at radius 1 is 1.19 bits per heavy atom. The second kappa shape index (κ2) is 10.4. The van der Waals surface area contributed by atoms with Crippen LogP contribution in [0.3, 0.4) is 0 Å². The minimum Gasteiger partial charge on any atom is -0.490 e. The van der Waals surface area contributed by atoms with Gasteiger partial charge in [0.05, 0.1) is 29.1 Å². The van der Waals surface area contributed by atoms with Crippen molar-refractivity contribution in [1.82, 2.24) is 25.2 Å². The number of halogens is 1. The predicted octanol–water partition coefficient (Wildman–Crippen LogP) is 3.46. The number of rotatable bonds is 10. The van der Waals surface area contributed by atoms with E-state index in [0.29, 0.717) is 50.0 Å². The number of hydrogen-bond acceptors (Lipinski definition) is 7. The molecule has 0 unspecified atom stereocenters. The molecule has 0 bridgehead atoms. The van der Waals surface area contributed by atoms with E-state index in [1.165, 1.54) is 0 Å². The van der Waals surface area contributed by atoms with Crippen LogP contribution in [0.5, 0.6) is 11.5 Å². The van der Waals surface area contributed by atoms with Crippen LogP contribution in [0.25, 0.3) is 0 Å². The molecule has 0 atom stereocenters. The van der Waals surface area contributed by atoms with Crippen LogP contribution < -0.4 is 14.8 Å². The monoisotopic (exact) mass is 491 g/mol. The van der Waals surface area contributed by atoms with Crippen molar-refractivity contribution in [3.05, 3.63) is 51.3 Å². The van der Waals surface area contributed by atoms with Gasteiger partial charge < -0.3 is 19.3 Å². The molecular weight excluding hydrogens is 466 g/mol. The van der Waals surface area contributed by atoms with Crippen molar-refractivity contribution in [2.24, 2.45) is 0 Å². The highest BCUT2D eigenvalue weighted by Crippen LogP contribution is 2.28. The van der Waals surface area contributed by atoms with E-state index >= 15 is 0 Å². The van der Waals surface area contributed by atoms with Gasteiger partial charge in [0.15, 0.2) is 17.3 Å². The Morgan fingerprint density at radius 2 is 1.94 bits per heavy atom. The first-order valence-corrected chi connectivity index (χ1v) is 10.9. The van der Waals surface area contributed by atoms with E-state index in [4.69, 9.17) is 14.0 Å². The second-order valence-corrected chi connectivity index (χ2v) is 7.60. The van der Waals surface area contributed by atoms with E-state index < -0.39 is 5.91 Å². The first kappa shape index (κ1) is 22.8. The van der Waals surface area contributed by atoms with Gasteiger partial charge in [0, 0.05) is 6.54 Å². The summed E-state index contributed by atoms with van der Waals surface area (Å²) in [5.41, 5.74) is 2.85. The minimum absolute atomic E-state index is 0.0719. The normalized spacial score (nSPS) is 10.9. The van der Waals surface area contributed by atoms with Crippen molar-refractivity contribution in [1.29, 1.82) is 0 Å². The fraction of sp³-hybridized carbons (Fsp3) is 0.429. The fourth-order valence-electron chi connectivity index (χ4n) is 3.02. The van der Waals surface area contributed by atoms with E-state index in [0.717, 1.165) is 21.4 Å². The summed E-state index contributed by atoms with van der Waals surface area (Å²) in [6.45, 7) is 9.56. The zero-order valence-electron chi connectivity index (χ0n) is 18.1. The lowest BCUT2D eigenvalue weighted by Crippen LogP contribution is -2.26. The maximum Gasteiger partial charge on any atom is 0.316 e. The number of aromatic nitrogens is 4. The molecule has 1 amide bonds. The van der Waals surface area contributed by atoms with Gasteiger partial charge in [0.25, 0.3) is 0 Å². The fourth-order valence-corrected chi connectivity index (χ4v) is 3.30. The first-order chi connectivity index (χ1) is 14.9. The highest BCUT2D eigenvalue weighted by Gasteiger charge is 2.17. The van der Waals surface area contributed by atoms with Crippen LogP contribution in [0, 0.1) is 13.8 Å². The van der Waals surface area contributed by atoms with E-state index in [1.807, 2.05) is 45.9 Å². The lowest BCUT2D eigenvalue weighted by molar-refractivity contribution is 0.0910. The zero-order valence-corrected chi connectivity index (χ0v) is 19.7. The highest BCUT2D eigenvalue weighted by atomic mass is 79.9. The summed E-state index contributed by atoms with van der Waals surface area (Å²) in [4.78, 5) is 16.5. The lowest BCUT2D eigenvalue weighted by atomic mass is 10.1. The van der Waals surface area contributed by atoms with Crippen LogP contribution in [0.4, 0.5) is 0 Å². The van der Waals surface area contributed by atoms with Crippen molar-refractivity contribution in [2.45, 2.75) is 40.7 Å². The van der Waals surface area contributed by atoms with Crippen molar-refractivity contribution in [3.8, 4) is 11.5 Å². The number of amides is 1. The first-order valence-electron chi connectivity index (χ1n) is 10.1. The smallest absolute Gasteiger partial charge is 0.316 e. The number of nitrogens with one attached hydrogen (secondary N) is 1. The van der Waals surface area contributed by atoms with Gasteiger partial charge in [-0.1, -0.05) is 11.2 Å². The summed E-state index contributed by atoms with van der Waals surface area (Å²) in [5, 5.41) is 11.1. The topological polar surface area (TPSA) is 104 Å². The number of hydrogen-bond donors (Lipinski definition) is 1. The summed E-state index contributed by atoms with van der Waals surface area (Å²) in [6.07, 6.45) is 0.624. The Kier molecular flexibility index (Phi) is 7.67. The van der Waals surface area contributed by atoms with E-state index in [1.54, 1.807) is 4.68 Å². The number of nitrogens with zero attached hydrogens (tertiary/aromatic N) is 4. The molecule has 166 valence electrons. The van der Waals surface area contributed by atoms with Crippen molar-refractivity contribution in [2.75, 3.05) is 19.8 Å². The average Bonchev–Trinajstić information content (AvgIpc) is 3.31. The maximum absolute atomic E-state index is 12.4. The second-order valence-electron chi connectivity index (χ2n) is 6.81. The van der Waals surface area contributed by atoms with E-state index in [9.17, 15) is 4.79 Å². The van der Waals surface area contributed by atoms with Crippen LogP contribution >= 0.6 is 15.9 Å². The highest BCUT2D eigenvalue weighted by molar-refractivity contribution is 9.10. The molecule has 2 aromatic heterocycles. The molecule has 3 aromatic rings. The molecule has 0 radical (unpaired) electrons. The van der Waals surface area contributed by atoms with E-state index in [2.05, 4.69) is 36.5 Å². The van der Waals surface area contributed by atoms with Crippen molar-refractivity contribution in [3.63, 3.8) is 0 Å². The van der Waals surface area contributed by atoms with Crippen LogP contribution in [-0.4, -0.2) is 45.6 Å². The van der Waals surface area contributed by atoms with Crippen LogP contribution in [0.1, 0.15) is 47.3 Å². The standard InChI is InChI=1S/C21H26BrN5O4/c1-5-29-16-8-7-15(11-17(16)30-6-2)9-10-23-20(28)21-24-18(26-31-21)12-27-14(4)19(22)13(3)25-27/h7-8,11H,5-6,9-10,12H2,1-4H3,(H,23,28). The zero-order chi connectivity index (χ0) is 22.4. The molecule has 0 saturated carbocycles. The molecule has 2 heterocycles. The number of ether oxygens (including phenoxy) is 2. The Labute approximate surface area is 189 Å². The van der Waals surface area contributed by atoms with E-state index in [-0.39, 0.29) is 5.89 Å². The minimum atomic E-state index is -0.413. The third kappa shape index (κ3) is 5.63. The van der Waals surface area contributed by atoms with Gasteiger partial charge in [0.2, 0.25) is 0 Å². The van der Waals surface area contributed by atoms with Crippen molar-refractivity contribution < 1.29 is 18.8 Å². The van der Waals surface area contributed by atoms with Gasteiger partial charge in [-0.05, 0) is 67.7 Å². The summed E-state index contributed by atoms with van der Waals surface area (Å²) >= 11 is 3.49. The summed E-state index contributed by atoms with van der Waals surface area (Å²) in [7, 11) is 0. The molecule has 0 spiro atoms. The van der Waals surface area contributed by atoms with Gasteiger partial charge in [-0.25, -0.2) is 0 Å². The molecule has 9 nitrogen and oxygen atoms in total. The summed E-state index contributed by atoms with van der Waals surface area (Å²) in [6, 6.07) is 5.77. The number of carbonyl (C=O) groups is 1. The van der Waals surface area contributed by atoms with Gasteiger partial charge in [-0.2, -0.15) is 10.1 Å². The third-order valence-electron chi connectivity index (χ3n) is 4.55. The van der Waals surface area contributed by atoms with Crippen LogP contribution in [-0.2, 0) is 13.0 Å². The SMILES string of the molecule is CCOc1ccc(CCNC(=O)c2nc(Cn3nc(C)c(Br)c3C)no2)cc1OCC. The summed E-state index contributed by atoms with van der Waals surface area (Å²) in [5.74, 6) is 1.31. The lowest BCUT2D eigenvalue weighted by Gasteiger charge is -2.12. The molecule has 0 aliphatic rings. The maximum atomic E-state index is 12.4. The molecule has 0 aliphatic carbocycles. The number of benzene rings is 1. The summed E-state index contributed by atoms with van der Waals surface area (Å²) < 4.78 is 19.0. The Bertz CT molecular complexity index is 1050. The third-order valence-corrected chi connectivity index (χ3v) is 5.70.